The van der Waals surface area contributed by atoms with Crippen molar-refractivity contribution < 1.29 is 41.7 Å². The fourth-order valence-corrected chi connectivity index (χ4v) is 4.65. The second-order valence-corrected chi connectivity index (χ2v) is 9.24. The van der Waals surface area contributed by atoms with E-state index in [-0.39, 0.29) is 16.5 Å². The lowest BCUT2D eigenvalue weighted by Gasteiger charge is -2.43. The maximum atomic E-state index is 12.8. The predicted molar refractivity (Wildman–Crippen MR) is 138 cm³/mol. The summed E-state index contributed by atoms with van der Waals surface area (Å²) in [5.41, 5.74) is 0.410. The number of amides is 1. The van der Waals surface area contributed by atoms with Crippen molar-refractivity contribution in [3.8, 4) is 17.1 Å². The number of anilines is 1. The van der Waals surface area contributed by atoms with Gasteiger partial charge >= 0.3 is 12.3 Å². The molecule has 4 rings (SSSR count). The van der Waals surface area contributed by atoms with E-state index >= 15 is 0 Å². The van der Waals surface area contributed by atoms with Crippen LogP contribution in [0.1, 0.15) is 18.9 Å². The number of carbonyl (C=O) groups excluding carboxylic acids is 1. The van der Waals surface area contributed by atoms with E-state index in [9.17, 15) is 18.0 Å². The van der Waals surface area contributed by atoms with Crippen molar-refractivity contribution in [2.75, 3.05) is 26.6 Å². The molecule has 0 unspecified atom stereocenters. The highest BCUT2D eigenvalue weighted by molar-refractivity contribution is 6.33. The molecule has 5 atom stereocenters. The maximum Gasteiger partial charge on any atom is 0.416 e. The van der Waals surface area contributed by atoms with Crippen molar-refractivity contribution in [1.29, 1.82) is 0 Å². The fraction of sp³-hybridized carbons (Fsp3) is 0.423. The zero-order valence-corrected chi connectivity index (χ0v) is 22.8. The average Bonchev–Trinajstić information content (AvgIpc) is 3.43. The van der Waals surface area contributed by atoms with Gasteiger partial charge < -0.3 is 23.7 Å². The molecule has 1 aliphatic rings. The van der Waals surface area contributed by atoms with Crippen LogP contribution >= 0.6 is 11.6 Å². The highest BCUT2D eigenvalue weighted by atomic mass is 35.5. The number of aromatic nitrogens is 3. The van der Waals surface area contributed by atoms with E-state index in [2.05, 4.69) is 15.4 Å². The Morgan fingerprint density at radius 1 is 1.05 bits per heavy atom. The quantitative estimate of drug-likeness (QED) is 0.378. The summed E-state index contributed by atoms with van der Waals surface area (Å²) in [6, 6.07) is 9.23. The van der Waals surface area contributed by atoms with E-state index in [1.54, 1.807) is 19.2 Å². The molecular formula is C26H28ClF3N4O6. The van der Waals surface area contributed by atoms with E-state index in [4.69, 9.17) is 35.3 Å². The molecule has 2 aromatic carbocycles. The van der Waals surface area contributed by atoms with Gasteiger partial charge in [0, 0.05) is 26.9 Å². The standard InChI is InChI=1S/C26H28ClF3N4O6/c1-5-19-20(36-2)21(37-3)22(38-4)24(39-19)40-25(35)32-18-11-10-16(12-17(18)27)34-13-31-23(33-34)14-6-8-15(9-7-14)26(28,29)30/h6-13,19-22,24H,5H2,1-4H3,(H,32,35)/t19-,20-,21+,22+,24-/m0/s1. The first-order valence-electron chi connectivity index (χ1n) is 12.2. The number of rotatable bonds is 8. The third-order valence-electron chi connectivity index (χ3n) is 6.45. The molecule has 10 nitrogen and oxygen atoms in total. The molecule has 1 amide bonds. The molecule has 0 aliphatic carbocycles. The number of ether oxygens (including phenoxy) is 5. The van der Waals surface area contributed by atoms with Gasteiger partial charge in [0.25, 0.3) is 0 Å². The summed E-state index contributed by atoms with van der Waals surface area (Å²) in [6.45, 7) is 1.91. The first kappa shape index (κ1) is 29.7. The number of hydrogen-bond acceptors (Lipinski definition) is 8. The van der Waals surface area contributed by atoms with Crippen LogP contribution < -0.4 is 5.32 Å². The molecule has 216 valence electrons. The monoisotopic (exact) mass is 584 g/mol. The Bertz CT molecular complexity index is 1310. The van der Waals surface area contributed by atoms with Gasteiger partial charge in [0.2, 0.25) is 6.29 Å². The zero-order valence-electron chi connectivity index (χ0n) is 22.0. The summed E-state index contributed by atoms with van der Waals surface area (Å²) in [5, 5.41) is 7.07. The number of hydrogen-bond donors (Lipinski definition) is 1. The second kappa shape index (κ2) is 12.5. The highest BCUT2D eigenvalue weighted by Crippen LogP contribution is 2.32. The normalized spacial score (nSPS) is 23.1. The Morgan fingerprint density at radius 2 is 1.73 bits per heavy atom. The van der Waals surface area contributed by atoms with Crippen LogP contribution in [0.5, 0.6) is 0 Å². The van der Waals surface area contributed by atoms with Crippen molar-refractivity contribution in [3.63, 3.8) is 0 Å². The van der Waals surface area contributed by atoms with E-state index in [0.29, 0.717) is 17.7 Å². The molecule has 1 N–H and O–H groups in total. The topological polar surface area (TPSA) is 106 Å². The Kier molecular flexibility index (Phi) is 9.31. The average molecular weight is 585 g/mol. The van der Waals surface area contributed by atoms with Crippen LogP contribution in [0.4, 0.5) is 23.7 Å². The van der Waals surface area contributed by atoms with Crippen LogP contribution in [-0.2, 0) is 29.9 Å². The van der Waals surface area contributed by atoms with E-state index < -0.39 is 48.5 Å². The lowest BCUT2D eigenvalue weighted by Crippen LogP contribution is -2.60. The highest BCUT2D eigenvalue weighted by Gasteiger charge is 2.48. The molecule has 0 spiro atoms. The number of alkyl halides is 3. The fourth-order valence-electron chi connectivity index (χ4n) is 4.42. The van der Waals surface area contributed by atoms with Crippen molar-refractivity contribution in [2.45, 2.75) is 50.2 Å². The second-order valence-electron chi connectivity index (χ2n) is 8.83. The van der Waals surface area contributed by atoms with E-state index in [1.807, 2.05) is 6.92 Å². The SMILES string of the molecule is CC[C@@H]1O[C@@H](OC(=O)Nc2ccc(-n3cnc(-c4ccc(C(F)(F)F)cc4)n3)cc2Cl)[C@H](OC)[C@H](OC)[C@H]1OC. The Balaban J connectivity index is 1.44. The Labute approximate surface area is 233 Å². The predicted octanol–water partition coefficient (Wildman–Crippen LogP) is 5.33. The Hall–Kier alpha value is -3.23. The molecule has 2 heterocycles. The van der Waals surface area contributed by atoms with Gasteiger partial charge in [-0.3, -0.25) is 5.32 Å². The van der Waals surface area contributed by atoms with Crippen molar-refractivity contribution in [1.82, 2.24) is 14.8 Å². The van der Waals surface area contributed by atoms with E-state index in [0.717, 1.165) is 12.1 Å². The summed E-state index contributed by atoms with van der Waals surface area (Å²) >= 11 is 6.40. The molecule has 1 aromatic heterocycles. The number of methoxy groups -OCH3 is 3. The number of nitrogens with one attached hydrogen (secondary N) is 1. The minimum atomic E-state index is -4.43. The zero-order chi connectivity index (χ0) is 29.0. The van der Waals surface area contributed by atoms with Crippen LogP contribution in [-0.4, -0.2) is 72.9 Å². The van der Waals surface area contributed by atoms with Crippen molar-refractivity contribution in [3.05, 3.63) is 59.4 Å². The minimum absolute atomic E-state index is 0.175. The van der Waals surface area contributed by atoms with Gasteiger partial charge in [-0.15, -0.1) is 5.10 Å². The van der Waals surface area contributed by atoms with Crippen LogP contribution in [0, 0.1) is 0 Å². The first-order chi connectivity index (χ1) is 19.1. The molecular weight excluding hydrogens is 557 g/mol. The smallest absolute Gasteiger partial charge is 0.416 e. The van der Waals surface area contributed by atoms with Gasteiger partial charge in [0.1, 0.15) is 24.6 Å². The lowest BCUT2D eigenvalue weighted by molar-refractivity contribution is -0.292. The molecule has 0 bridgehead atoms. The maximum absolute atomic E-state index is 12.8. The Morgan fingerprint density at radius 3 is 2.30 bits per heavy atom. The third kappa shape index (κ3) is 6.39. The first-order valence-corrected chi connectivity index (χ1v) is 12.6. The van der Waals surface area contributed by atoms with Crippen LogP contribution in [0.3, 0.4) is 0 Å². The molecule has 40 heavy (non-hydrogen) atoms. The summed E-state index contributed by atoms with van der Waals surface area (Å²) in [7, 11) is 4.51. The molecule has 1 aliphatic heterocycles. The summed E-state index contributed by atoms with van der Waals surface area (Å²) < 4.78 is 67.9. The lowest BCUT2D eigenvalue weighted by atomic mass is 9.96. The summed E-state index contributed by atoms with van der Waals surface area (Å²) in [6.07, 6.45) is -6.43. The van der Waals surface area contributed by atoms with E-state index in [1.165, 1.54) is 43.4 Å². The van der Waals surface area contributed by atoms with Crippen LogP contribution in [0.2, 0.25) is 5.02 Å². The van der Waals surface area contributed by atoms with Gasteiger partial charge in [-0.1, -0.05) is 30.7 Å². The molecule has 14 heteroatoms. The number of nitrogens with zero attached hydrogens (tertiary/aromatic N) is 3. The third-order valence-corrected chi connectivity index (χ3v) is 6.76. The van der Waals surface area contributed by atoms with Gasteiger partial charge in [0.15, 0.2) is 5.82 Å². The number of carbonyl (C=O) groups is 1. The van der Waals surface area contributed by atoms with Crippen LogP contribution in [0.25, 0.3) is 17.1 Å². The molecule has 1 saturated heterocycles. The molecule has 3 aromatic rings. The number of benzene rings is 2. The number of halogens is 4. The van der Waals surface area contributed by atoms with Gasteiger partial charge in [0.05, 0.1) is 28.1 Å². The van der Waals surface area contributed by atoms with Crippen molar-refractivity contribution >= 4 is 23.4 Å². The van der Waals surface area contributed by atoms with Crippen LogP contribution in [0.15, 0.2) is 48.8 Å². The summed E-state index contributed by atoms with van der Waals surface area (Å²) in [5.74, 6) is 0.228. The molecule has 0 radical (unpaired) electrons. The van der Waals surface area contributed by atoms with Crippen molar-refractivity contribution in [2.24, 2.45) is 0 Å². The molecule has 1 fully saturated rings. The van der Waals surface area contributed by atoms with Gasteiger partial charge in [-0.2, -0.15) is 13.2 Å². The van der Waals surface area contributed by atoms with Gasteiger partial charge in [-0.05, 0) is 36.8 Å². The summed E-state index contributed by atoms with van der Waals surface area (Å²) in [4.78, 5) is 16.9. The molecule has 0 saturated carbocycles. The largest absolute Gasteiger partial charge is 0.416 e. The van der Waals surface area contributed by atoms with Gasteiger partial charge in [-0.25, -0.2) is 14.5 Å². The minimum Gasteiger partial charge on any atom is -0.416 e.